The van der Waals surface area contributed by atoms with Crippen molar-refractivity contribution < 1.29 is 0 Å². The van der Waals surface area contributed by atoms with Crippen LogP contribution in [0.15, 0.2) is 66.9 Å². The van der Waals surface area contributed by atoms with Gasteiger partial charge >= 0.3 is 0 Å². The Morgan fingerprint density at radius 2 is 1.75 bits per heavy atom. The molecular weight excluding hydrogens is 316 g/mol. The van der Waals surface area contributed by atoms with E-state index in [-0.39, 0.29) is 0 Å². The summed E-state index contributed by atoms with van der Waals surface area (Å²) in [7, 11) is 0. The normalized spacial score (nSPS) is 10.9. The first-order chi connectivity index (χ1) is 11.8. The second-order valence-electron chi connectivity index (χ2n) is 5.46. The van der Waals surface area contributed by atoms with Crippen molar-refractivity contribution in [3.63, 3.8) is 0 Å². The van der Waals surface area contributed by atoms with Crippen molar-refractivity contribution in [2.75, 3.05) is 0 Å². The highest BCUT2D eigenvalue weighted by Crippen LogP contribution is 2.25. The summed E-state index contributed by atoms with van der Waals surface area (Å²) in [5, 5.41) is 7.74. The number of aromatic nitrogens is 1. The van der Waals surface area contributed by atoms with Crippen LogP contribution in [0.5, 0.6) is 0 Å². The van der Waals surface area contributed by atoms with E-state index in [0.29, 0.717) is 11.6 Å². The summed E-state index contributed by atoms with van der Waals surface area (Å²) in [4.78, 5) is 4.31. The van der Waals surface area contributed by atoms with Gasteiger partial charge in [-0.15, -0.1) is 0 Å². The van der Waals surface area contributed by atoms with E-state index in [1.54, 1.807) is 6.20 Å². The van der Waals surface area contributed by atoms with Gasteiger partial charge in [0.1, 0.15) is 5.15 Å². The third-order valence-corrected chi connectivity index (χ3v) is 4.03. The van der Waals surface area contributed by atoms with Gasteiger partial charge in [0.2, 0.25) is 0 Å². The van der Waals surface area contributed by atoms with E-state index in [1.807, 2.05) is 66.7 Å². The Morgan fingerprint density at radius 3 is 2.54 bits per heavy atom. The van der Waals surface area contributed by atoms with Gasteiger partial charge in [-0.3, -0.25) is 0 Å². The van der Waals surface area contributed by atoms with Crippen LogP contribution in [-0.2, 0) is 6.42 Å². The maximum Gasteiger partial charge on any atom is 0.136 e. The number of hydrogen-bond donors (Lipinski definition) is 1. The molecule has 1 N–H and O–H groups in total. The summed E-state index contributed by atoms with van der Waals surface area (Å²) >= 11 is 6.24. The first-order valence-corrected chi connectivity index (χ1v) is 8.11. The molecule has 0 aliphatic carbocycles. The van der Waals surface area contributed by atoms with E-state index in [2.05, 4.69) is 11.1 Å². The predicted molar refractivity (Wildman–Crippen MR) is 103 cm³/mol. The zero-order valence-corrected chi connectivity index (χ0v) is 13.9. The van der Waals surface area contributed by atoms with Gasteiger partial charge in [-0.2, -0.15) is 0 Å². The van der Waals surface area contributed by atoms with E-state index >= 15 is 0 Å². The topological polar surface area (TPSA) is 36.7 Å². The number of nitrogens with one attached hydrogen (secondary N) is 1. The lowest BCUT2D eigenvalue weighted by atomic mass is 10.0. The maximum atomic E-state index is 7.25. The molecule has 3 rings (SSSR count). The lowest BCUT2D eigenvalue weighted by Crippen LogP contribution is -1.89. The molecule has 24 heavy (non-hydrogen) atoms. The van der Waals surface area contributed by atoms with E-state index in [9.17, 15) is 0 Å². The number of nitrogens with zero attached hydrogens (tertiary/aromatic N) is 1. The van der Waals surface area contributed by atoms with Crippen molar-refractivity contribution in [3.05, 3.63) is 88.7 Å². The first-order valence-electron chi connectivity index (χ1n) is 7.73. The van der Waals surface area contributed by atoms with Crippen molar-refractivity contribution in [2.24, 2.45) is 0 Å². The Balaban J connectivity index is 1.93. The lowest BCUT2D eigenvalue weighted by molar-refractivity contribution is 1.30. The zero-order valence-electron chi connectivity index (χ0n) is 13.1. The molecule has 0 saturated heterocycles. The molecule has 0 amide bonds. The molecule has 0 atom stereocenters. The van der Waals surface area contributed by atoms with E-state index < -0.39 is 0 Å². The third-order valence-electron chi connectivity index (χ3n) is 3.72. The fraction of sp³-hybridized carbons (Fsp3) is 0.0476. The van der Waals surface area contributed by atoms with Gasteiger partial charge in [-0.25, -0.2) is 4.98 Å². The molecule has 3 aromatic rings. The molecule has 1 heterocycles. The van der Waals surface area contributed by atoms with Crippen molar-refractivity contribution >= 4 is 30.0 Å². The second-order valence-corrected chi connectivity index (χ2v) is 5.81. The monoisotopic (exact) mass is 332 g/mol. The molecule has 2 nitrogen and oxygen atoms in total. The first kappa shape index (κ1) is 16.2. The highest BCUT2D eigenvalue weighted by molar-refractivity contribution is 6.31. The van der Waals surface area contributed by atoms with Gasteiger partial charge < -0.3 is 5.41 Å². The minimum absolute atomic E-state index is 0.488. The smallest absolute Gasteiger partial charge is 0.136 e. The second kappa shape index (κ2) is 7.71. The Bertz CT molecular complexity index is 870. The molecule has 0 bridgehead atoms. The third kappa shape index (κ3) is 3.98. The van der Waals surface area contributed by atoms with E-state index in [1.165, 1.54) is 6.21 Å². The molecule has 0 aliphatic rings. The van der Waals surface area contributed by atoms with Crippen molar-refractivity contribution in [3.8, 4) is 11.1 Å². The average molecular weight is 333 g/mol. The summed E-state index contributed by atoms with van der Waals surface area (Å²) < 4.78 is 0. The Kier molecular flexibility index (Phi) is 5.19. The molecule has 0 radical (unpaired) electrons. The minimum atomic E-state index is 0.488. The summed E-state index contributed by atoms with van der Waals surface area (Å²) in [6, 6.07) is 20.3. The largest absolute Gasteiger partial charge is 0.313 e. The molecule has 0 saturated carbocycles. The van der Waals surface area contributed by atoms with Crippen LogP contribution in [-0.4, -0.2) is 11.2 Å². The fourth-order valence-corrected chi connectivity index (χ4v) is 2.65. The molecular formula is C21H17ClN2. The van der Waals surface area contributed by atoms with Crippen molar-refractivity contribution in [2.45, 2.75) is 6.42 Å². The molecule has 118 valence electrons. The summed E-state index contributed by atoms with van der Waals surface area (Å²) in [6.07, 6.45) is 7.84. The molecule has 0 spiro atoms. The molecule has 0 aliphatic heterocycles. The van der Waals surface area contributed by atoms with Crippen LogP contribution in [0.1, 0.15) is 16.7 Å². The number of rotatable bonds is 5. The van der Waals surface area contributed by atoms with Crippen LogP contribution in [0, 0.1) is 5.41 Å². The quantitative estimate of drug-likeness (QED) is 0.467. The van der Waals surface area contributed by atoms with Gasteiger partial charge in [0, 0.05) is 23.7 Å². The van der Waals surface area contributed by atoms with Crippen LogP contribution in [0.4, 0.5) is 0 Å². The number of benzene rings is 2. The Labute approximate surface area is 147 Å². The standard InChI is InChI=1S/C21H17ClN2/c22-21-19(10-9-16-5-2-1-3-6-16)14-20(15-24-21)18-8-4-7-17(13-18)11-12-23/h1-10,12-15,23H,11H2/b10-9+,23-12?. The maximum absolute atomic E-state index is 7.25. The van der Waals surface area contributed by atoms with E-state index in [0.717, 1.165) is 27.8 Å². The van der Waals surface area contributed by atoms with Gasteiger partial charge in [0.15, 0.2) is 0 Å². The fourth-order valence-electron chi connectivity index (χ4n) is 2.49. The van der Waals surface area contributed by atoms with Crippen LogP contribution < -0.4 is 0 Å². The molecule has 1 aromatic heterocycles. The lowest BCUT2D eigenvalue weighted by Gasteiger charge is -2.06. The number of pyridine rings is 1. The number of hydrogen-bond acceptors (Lipinski definition) is 2. The molecule has 3 heteroatoms. The Hall–Kier alpha value is -2.71. The SMILES string of the molecule is N=CCc1cccc(-c2cnc(Cl)c(/C=C/c3ccccc3)c2)c1. The van der Waals surface area contributed by atoms with Crippen LogP contribution in [0.25, 0.3) is 23.3 Å². The van der Waals surface area contributed by atoms with Crippen molar-refractivity contribution in [1.29, 1.82) is 5.41 Å². The molecule has 0 unspecified atom stereocenters. The van der Waals surface area contributed by atoms with E-state index in [4.69, 9.17) is 17.0 Å². The number of halogens is 1. The molecule has 0 fully saturated rings. The highest BCUT2D eigenvalue weighted by Gasteiger charge is 2.04. The minimum Gasteiger partial charge on any atom is -0.313 e. The van der Waals surface area contributed by atoms with Gasteiger partial charge in [-0.05, 0) is 29.0 Å². The van der Waals surface area contributed by atoms with Crippen LogP contribution in [0.2, 0.25) is 5.15 Å². The molecule has 2 aromatic carbocycles. The van der Waals surface area contributed by atoms with Gasteiger partial charge in [0.05, 0.1) is 0 Å². The zero-order chi connectivity index (χ0) is 16.8. The summed E-state index contributed by atoms with van der Waals surface area (Å²) in [5.74, 6) is 0. The predicted octanol–water partition coefficient (Wildman–Crippen LogP) is 5.76. The van der Waals surface area contributed by atoms with Crippen LogP contribution in [0.3, 0.4) is 0 Å². The van der Waals surface area contributed by atoms with Gasteiger partial charge in [0.25, 0.3) is 0 Å². The highest BCUT2D eigenvalue weighted by atomic mass is 35.5. The summed E-state index contributed by atoms with van der Waals surface area (Å²) in [6.45, 7) is 0. The summed E-state index contributed by atoms with van der Waals surface area (Å²) in [5.41, 5.74) is 5.20. The van der Waals surface area contributed by atoms with Crippen LogP contribution >= 0.6 is 11.6 Å². The van der Waals surface area contributed by atoms with Gasteiger partial charge in [-0.1, -0.05) is 78.4 Å². The Morgan fingerprint density at radius 1 is 0.917 bits per heavy atom. The van der Waals surface area contributed by atoms with Crippen molar-refractivity contribution in [1.82, 2.24) is 4.98 Å². The average Bonchev–Trinajstić information content (AvgIpc) is 2.62.